The van der Waals surface area contributed by atoms with Gasteiger partial charge < -0.3 is 18.9 Å². The first-order chi connectivity index (χ1) is 22.8. The van der Waals surface area contributed by atoms with E-state index in [2.05, 4.69) is 148 Å². The summed E-state index contributed by atoms with van der Waals surface area (Å²) in [7, 11) is 0. The lowest BCUT2D eigenvalue weighted by Crippen LogP contribution is -2.10. The number of hydrogen-bond donors (Lipinski definition) is 1. The van der Waals surface area contributed by atoms with Crippen LogP contribution in [0.2, 0.25) is 0 Å². The van der Waals surface area contributed by atoms with Crippen LogP contribution in [0.25, 0.3) is 82.0 Å². The molecule has 1 aliphatic heterocycles. The molecule has 0 saturated heterocycles. The molecule has 4 nitrogen and oxygen atoms in total. The van der Waals surface area contributed by atoms with Gasteiger partial charge in [0.2, 0.25) is 0 Å². The SMILES string of the molecule is c1ccc2c(c1)oc1ccc3c(c12)SC(n1c2ccccc2c2cc(-n4c5ccccc5c5ccccc54)c4ccccc4c21)N3. The minimum absolute atomic E-state index is 0.0286. The summed E-state index contributed by atoms with van der Waals surface area (Å²) in [4.78, 5) is 1.24. The van der Waals surface area contributed by atoms with Gasteiger partial charge in [0.05, 0.1) is 33.4 Å². The van der Waals surface area contributed by atoms with Gasteiger partial charge in [0.1, 0.15) is 11.2 Å². The Morgan fingerprint density at radius 1 is 0.522 bits per heavy atom. The Morgan fingerprint density at radius 3 is 1.85 bits per heavy atom. The van der Waals surface area contributed by atoms with Crippen LogP contribution in [0, 0.1) is 0 Å². The molecule has 1 atom stereocenters. The van der Waals surface area contributed by atoms with E-state index in [1.54, 1.807) is 0 Å². The van der Waals surface area contributed by atoms with E-state index in [-0.39, 0.29) is 5.50 Å². The number of nitrogens with one attached hydrogen (secondary N) is 1. The molecule has 46 heavy (non-hydrogen) atoms. The average molecular weight is 608 g/mol. The Bertz CT molecular complexity index is 2840. The van der Waals surface area contributed by atoms with E-state index >= 15 is 0 Å². The lowest BCUT2D eigenvalue weighted by molar-refractivity contribution is 0.668. The quantitative estimate of drug-likeness (QED) is 0.212. The van der Waals surface area contributed by atoms with Crippen LogP contribution in [0.15, 0.2) is 149 Å². The smallest absolute Gasteiger partial charge is 0.157 e. The fourth-order valence-corrected chi connectivity index (χ4v) is 9.18. The van der Waals surface area contributed by atoms with E-state index in [9.17, 15) is 0 Å². The molecule has 0 fully saturated rings. The number of aromatic nitrogens is 2. The molecule has 0 spiro atoms. The second-order valence-corrected chi connectivity index (χ2v) is 13.2. The maximum atomic E-state index is 6.26. The summed E-state index contributed by atoms with van der Waals surface area (Å²) >= 11 is 1.87. The van der Waals surface area contributed by atoms with Gasteiger partial charge in [0.15, 0.2) is 5.50 Å². The van der Waals surface area contributed by atoms with Crippen molar-refractivity contribution < 1.29 is 4.42 Å². The number of hydrogen-bond acceptors (Lipinski definition) is 3. The van der Waals surface area contributed by atoms with Crippen molar-refractivity contribution >= 4 is 93.8 Å². The van der Waals surface area contributed by atoms with Gasteiger partial charge in [0, 0.05) is 48.0 Å². The first-order valence-corrected chi connectivity index (χ1v) is 16.5. The molecule has 10 aromatic rings. The highest BCUT2D eigenvalue weighted by molar-refractivity contribution is 8.00. The van der Waals surface area contributed by atoms with Crippen LogP contribution in [0.1, 0.15) is 5.50 Å². The number of fused-ring (bicyclic) bond motifs is 13. The zero-order valence-corrected chi connectivity index (χ0v) is 25.4. The van der Waals surface area contributed by atoms with Gasteiger partial charge in [-0.05, 0) is 42.5 Å². The first kappa shape index (κ1) is 24.6. The number of furan rings is 1. The molecular formula is C41H25N3OS. The number of thioether (sulfide) groups is 1. The van der Waals surface area contributed by atoms with E-state index in [0.717, 1.165) is 22.2 Å². The highest BCUT2D eigenvalue weighted by Gasteiger charge is 2.30. The Morgan fingerprint density at radius 2 is 1.11 bits per heavy atom. The highest BCUT2D eigenvalue weighted by atomic mass is 32.2. The topological polar surface area (TPSA) is 35.0 Å². The van der Waals surface area contributed by atoms with Crippen molar-refractivity contribution in [2.75, 3.05) is 5.32 Å². The molecule has 1 unspecified atom stereocenters. The molecule has 0 bridgehead atoms. The Kier molecular flexibility index (Phi) is 4.80. The maximum absolute atomic E-state index is 6.26. The van der Waals surface area contributed by atoms with Crippen LogP contribution in [-0.4, -0.2) is 9.13 Å². The van der Waals surface area contributed by atoms with Crippen molar-refractivity contribution in [3.63, 3.8) is 0 Å². The van der Waals surface area contributed by atoms with Gasteiger partial charge in [-0.3, -0.25) is 0 Å². The van der Waals surface area contributed by atoms with Crippen LogP contribution < -0.4 is 5.32 Å². The lowest BCUT2D eigenvalue weighted by atomic mass is 10.0. The first-order valence-electron chi connectivity index (χ1n) is 15.6. The summed E-state index contributed by atoms with van der Waals surface area (Å²) < 4.78 is 11.2. The van der Waals surface area contributed by atoms with E-state index < -0.39 is 0 Å². The molecule has 216 valence electrons. The minimum Gasteiger partial charge on any atom is -0.456 e. The zero-order chi connectivity index (χ0) is 29.9. The van der Waals surface area contributed by atoms with Crippen LogP contribution in [-0.2, 0) is 0 Å². The van der Waals surface area contributed by atoms with E-state index in [0.29, 0.717) is 0 Å². The summed E-state index contributed by atoms with van der Waals surface area (Å²) in [6.45, 7) is 0. The average Bonchev–Trinajstić information content (AvgIpc) is 3.87. The third-order valence-electron chi connectivity index (χ3n) is 9.75. The predicted molar refractivity (Wildman–Crippen MR) is 194 cm³/mol. The van der Waals surface area contributed by atoms with Crippen molar-refractivity contribution in [2.24, 2.45) is 0 Å². The predicted octanol–water partition coefficient (Wildman–Crippen LogP) is 11.6. The summed E-state index contributed by atoms with van der Waals surface area (Å²) in [5, 5.41) is 13.8. The number of nitrogens with zero attached hydrogens (tertiary/aromatic N) is 2. The summed E-state index contributed by atoms with van der Waals surface area (Å²) in [5.41, 5.74) is 9.07. The summed E-state index contributed by atoms with van der Waals surface area (Å²) in [6.07, 6.45) is 0. The second-order valence-electron chi connectivity index (χ2n) is 12.1. The largest absolute Gasteiger partial charge is 0.456 e. The third-order valence-corrected chi connectivity index (χ3v) is 11.0. The van der Waals surface area contributed by atoms with Crippen molar-refractivity contribution in [1.82, 2.24) is 9.13 Å². The molecule has 0 aliphatic carbocycles. The van der Waals surface area contributed by atoms with Crippen molar-refractivity contribution in [3.8, 4) is 5.69 Å². The molecule has 5 heteroatoms. The van der Waals surface area contributed by atoms with Crippen LogP contribution in [0.3, 0.4) is 0 Å². The van der Waals surface area contributed by atoms with Gasteiger partial charge in [-0.25, -0.2) is 0 Å². The third kappa shape index (κ3) is 3.15. The van der Waals surface area contributed by atoms with Crippen LogP contribution in [0.5, 0.6) is 0 Å². The van der Waals surface area contributed by atoms with Crippen LogP contribution >= 0.6 is 11.8 Å². The monoisotopic (exact) mass is 607 g/mol. The summed E-state index contributed by atoms with van der Waals surface area (Å²) in [5.74, 6) is 0. The van der Waals surface area contributed by atoms with Gasteiger partial charge in [-0.2, -0.15) is 0 Å². The van der Waals surface area contributed by atoms with Crippen LogP contribution in [0.4, 0.5) is 5.69 Å². The number of para-hydroxylation sites is 4. The van der Waals surface area contributed by atoms with Gasteiger partial charge in [-0.15, -0.1) is 0 Å². The Labute approximate surface area is 267 Å². The maximum Gasteiger partial charge on any atom is 0.157 e. The molecule has 11 rings (SSSR count). The van der Waals surface area contributed by atoms with Gasteiger partial charge in [0.25, 0.3) is 0 Å². The molecule has 4 heterocycles. The molecule has 3 aromatic heterocycles. The van der Waals surface area contributed by atoms with Gasteiger partial charge >= 0.3 is 0 Å². The Hall–Kier alpha value is -5.65. The normalized spacial score (nSPS) is 14.8. The molecule has 7 aromatic carbocycles. The van der Waals surface area contributed by atoms with Gasteiger partial charge in [-0.1, -0.05) is 109 Å². The van der Waals surface area contributed by atoms with E-state index in [4.69, 9.17) is 4.42 Å². The molecule has 0 radical (unpaired) electrons. The fraction of sp³-hybridized carbons (Fsp3) is 0.0244. The second kappa shape index (κ2) is 8.96. The van der Waals surface area contributed by atoms with E-state index in [1.807, 2.05) is 17.8 Å². The van der Waals surface area contributed by atoms with Crippen molar-refractivity contribution in [1.29, 1.82) is 0 Å². The number of benzene rings is 7. The Balaban J connectivity index is 1.22. The standard InChI is InChI=1S/C41H25N3OS/c1-2-15-28-26(13-1)35(43-32-17-7-3-11-24(32)25-12-4-8-18-33(25)43)23-30-27-14-5-9-19-34(27)44(39(28)30)41-42-31-21-22-37-38(40(31)46-41)29-16-6-10-20-36(29)45-37/h1-23,41-42H. The van der Waals surface area contributed by atoms with Crippen molar-refractivity contribution in [2.45, 2.75) is 10.4 Å². The lowest BCUT2D eigenvalue weighted by Gasteiger charge is -2.18. The molecule has 1 N–H and O–H groups in total. The fourth-order valence-electron chi connectivity index (χ4n) is 7.86. The molecule has 1 aliphatic rings. The molecule has 0 saturated carbocycles. The summed E-state index contributed by atoms with van der Waals surface area (Å²) in [6, 6.07) is 50.3. The number of rotatable bonds is 2. The van der Waals surface area contributed by atoms with E-state index in [1.165, 1.54) is 70.4 Å². The zero-order valence-electron chi connectivity index (χ0n) is 24.6. The molecular weight excluding hydrogens is 583 g/mol. The molecule has 0 amide bonds. The number of anilines is 1. The minimum atomic E-state index is -0.0286. The van der Waals surface area contributed by atoms with Crippen molar-refractivity contribution in [3.05, 3.63) is 140 Å². The highest BCUT2D eigenvalue weighted by Crippen LogP contribution is 2.52.